The van der Waals surface area contributed by atoms with Gasteiger partial charge in [-0.1, -0.05) is 6.07 Å². The number of rotatable bonds is 3. The van der Waals surface area contributed by atoms with Crippen LogP contribution in [0.1, 0.15) is 18.4 Å². The third-order valence-corrected chi connectivity index (χ3v) is 4.59. The van der Waals surface area contributed by atoms with Gasteiger partial charge in [-0.15, -0.1) is 5.10 Å². The van der Waals surface area contributed by atoms with Crippen LogP contribution in [-0.4, -0.2) is 69.1 Å². The predicted molar refractivity (Wildman–Crippen MR) is 95.9 cm³/mol. The summed E-state index contributed by atoms with van der Waals surface area (Å²) >= 11 is 0. The molecule has 138 valence electrons. The Morgan fingerprint density at radius 1 is 1.23 bits per heavy atom. The van der Waals surface area contributed by atoms with Gasteiger partial charge in [0.2, 0.25) is 5.91 Å². The number of amides is 3. The molecule has 1 aliphatic rings. The molecule has 1 aromatic heterocycles. The Labute approximate surface area is 152 Å². The Hall–Kier alpha value is -2.97. The van der Waals surface area contributed by atoms with Crippen molar-refractivity contribution in [2.24, 2.45) is 5.92 Å². The van der Waals surface area contributed by atoms with Gasteiger partial charge in [-0.3, -0.25) is 4.79 Å². The Morgan fingerprint density at radius 2 is 1.96 bits per heavy atom. The van der Waals surface area contributed by atoms with Gasteiger partial charge in [0.1, 0.15) is 6.33 Å². The second-order valence-corrected chi connectivity index (χ2v) is 6.68. The van der Waals surface area contributed by atoms with Gasteiger partial charge in [-0.2, -0.15) is 0 Å². The lowest BCUT2D eigenvalue weighted by Crippen LogP contribution is -2.45. The van der Waals surface area contributed by atoms with Crippen molar-refractivity contribution < 1.29 is 9.59 Å². The number of tetrazole rings is 1. The van der Waals surface area contributed by atoms with Crippen molar-refractivity contribution in [1.29, 1.82) is 0 Å². The van der Waals surface area contributed by atoms with Gasteiger partial charge in [0, 0.05) is 38.8 Å². The SMILES string of the molecule is Cc1ccc(NC(=O)C2CCN(C(=O)N(C)C)CC2)cc1-n1cnnn1. The van der Waals surface area contributed by atoms with Crippen molar-refractivity contribution in [1.82, 2.24) is 30.0 Å². The van der Waals surface area contributed by atoms with E-state index in [0.29, 0.717) is 31.6 Å². The maximum atomic E-state index is 12.6. The molecule has 3 amide bonds. The molecule has 1 aromatic carbocycles. The number of likely N-dealkylation sites (tertiary alicyclic amines) is 1. The minimum absolute atomic E-state index is 0.00604. The standard InChI is InChI=1S/C17H23N7O2/c1-12-4-5-14(10-15(12)24-11-18-20-21-24)19-16(25)13-6-8-23(9-7-13)17(26)22(2)3/h4-5,10-11,13H,6-9H2,1-3H3,(H,19,25). The van der Waals surface area contributed by atoms with Gasteiger partial charge in [-0.05, 0) is 47.9 Å². The average Bonchev–Trinajstić information content (AvgIpc) is 3.17. The third-order valence-electron chi connectivity index (χ3n) is 4.59. The number of carbonyl (C=O) groups is 2. The highest BCUT2D eigenvalue weighted by molar-refractivity contribution is 5.93. The first-order chi connectivity index (χ1) is 12.5. The molecule has 2 heterocycles. The molecule has 1 saturated heterocycles. The first-order valence-electron chi connectivity index (χ1n) is 8.57. The summed E-state index contributed by atoms with van der Waals surface area (Å²) in [5.41, 5.74) is 2.53. The fourth-order valence-corrected chi connectivity index (χ4v) is 3.07. The van der Waals surface area contributed by atoms with E-state index < -0.39 is 0 Å². The summed E-state index contributed by atoms with van der Waals surface area (Å²) < 4.78 is 1.57. The lowest BCUT2D eigenvalue weighted by Gasteiger charge is -2.33. The van der Waals surface area contributed by atoms with E-state index in [1.165, 1.54) is 6.33 Å². The molecular weight excluding hydrogens is 334 g/mol. The molecule has 0 radical (unpaired) electrons. The maximum absolute atomic E-state index is 12.6. The second kappa shape index (κ2) is 7.51. The van der Waals surface area contributed by atoms with Crippen molar-refractivity contribution in [2.45, 2.75) is 19.8 Å². The number of anilines is 1. The van der Waals surface area contributed by atoms with Gasteiger partial charge < -0.3 is 15.1 Å². The summed E-state index contributed by atoms with van der Waals surface area (Å²) in [5, 5.41) is 14.2. The van der Waals surface area contributed by atoms with E-state index in [1.807, 2.05) is 25.1 Å². The molecule has 9 heteroatoms. The number of aryl methyl sites for hydroxylation is 1. The number of benzene rings is 1. The number of hydrogen-bond acceptors (Lipinski definition) is 5. The van der Waals surface area contributed by atoms with Crippen LogP contribution in [0.15, 0.2) is 24.5 Å². The number of aromatic nitrogens is 4. The molecule has 26 heavy (non-hydrogen) atoms. The minimum atomic E-state index is -0.0981. The van der Waals surface area contributed by atoms with Crippen molar-refractivity contribution in [3.63, 3.8) is 0 Å². The molecule has 0 aliphatic carbocycles. The second-order valence-electron chi connectivity index (χ2n) is 6.68. The van der Waals surface area contributed by atoms with Crippen LogP contribution < -0.4 is 5.32 Å². The fourth-order valence-electron chi connectivity index (χ4n) is 3.07. The van der Waals surface area contributed by atoms with Crippen LogP contribution in [0.25, 0.3) is 5.69 Å². The van der Waals surface area contributed by atoms with Gasteiger partial charge in [0.25, 0.3) is 0 Å². The molecule has 9 nitrogen and oxygen atoms in total. The normalized spacial score (nSPS) is 15.0. The van der Waals surface area contributed by atoms with Crippen LogP contribution in [0.2, 0.25) is 0 Å². The van der Waals surface area contributed by atoms with E-state index in [-0.39, 0.29) is 17.9 Å². The molecule has 1 fully saturated rings. The van der Waals surface area contributed by atoms with Crippen LogP contribution in [0, 0.1) is 12.8 Å². The highest BCUT2D eigenvalue weighted by atomic mass is 16.2. The zero-order valence-corrected chi connectivity index (χ0v) is 15.2. The third kappa shape index (κ3) is 3.81. The summed E-state index contributed by atoms with van der Waals surface area (Å²) in [6.07, 6.45) is 2.85. The van der Waals surface area contributed by atoms with Crippen molar-refractivity contribution in [3.8, 4) is 5.69 Å². The maximum Gasteiger partial charge on any atom is 0.319 e. The first-order valence-corrected chi connectivity index (χ1v) is 8.57. The Bertz CT molecular complexity index is 780. The van der Waals surface area contributed by atoms with E-state index in [9.17, 15) is 9.59 Å². The summed E-state index contributed by atoms with van der Waals surface area (Å²) in [5.74, 6) is -0.118. The summed E-state index contributed by atoms with van der Waals surface area (Å²) in [6, 6.07) is 5.64. The molecule has 3 rings (SSSR count). The molecule has 1 aliphatic heterocycles. The van der Waals surface area contributed by atoms with Crippen LogP contribution in [0.5, 0.6) is 0 Å². The van der Waals surface area contributed by atoms with Crippen LogP contribution in [0.4, 0.5) is 10.5 Å². The average molecular weight is 357 g/mol. The minimum Gasteiger partial charge on any atom is -0.331 e. The highest BCUT2D eigenvalue weighted by Gasteiger charge is 2.28. The van der Waals surface area contributed by atoms with Crippen molar-refractivity contribution in [3.05, 3.63) is 30.1 Å². The van der Waals surface area contributed by atoms with E-state index in [4.69, 9.17) is 0 Å². The van der Waals surface area contributed by atoms with Crippen LogP contribution in [0.3, 0.4) is 0 Å². The molecule has 0 spiro atoms. The largest absolute Gasteiger partial charge is 0.331 e. The summed E-state index contributed by atoms with van der Waals surface area (Å²) in [4.78, 5) is 27.9. The molecule has 0 atom stereocenters. The van der Waals surface area contributed by atoms with Crippen LogP contribution >= 0.6 is 0 Å². The van der Waals surface area contributed by atoms with Gasteiger partial charge >= 0.3 is 6.03 Å². The number of nitrogens with zero attached hydrogens (tertiary/aromatic N) is 6. The quantitative estimate of drug-likeness (QED) is 0.893. The zero-order chi connectivity index (χ0) is 18.7. The topological polar surface area (TPSA) is 96.2 Å². The van der Waals surface area contributed by atoms with Crippen LogP contribution in [-0.2, 0) is 4.79 Å². The number of piperidine rings is 1. The molecule has 0 bridgehead atoms. The lowest BCUT2D eigenvalue weighted by molar-refractivity contribution is -0.121. The van der Waals surface area contributed by atoms with E-state index in [0.717, 1.165) is 11.3 Å². The predicted octanol–water partition coefficient (Wildman–Crippen LogP) is 1.30. The van der Waals surface area contributed by atoms with E-state index in [2.05, 4.69) is 20.8 Å². The smallest absolute Gasteiger partial charge is 0.319 e. The molecule has 0 saturated carbocycles. The Morgan fingerprint density at radius 3 is 2.58 bits per heavy atom. The van der Waals surface area contributed by atoms with Crippen molar-refractivity contribution in [2.75, 3.05) is 32.5 Å². The summed E-state index contributed by atoms with van der Waals surface area (Å²) in [6.45, 7) is 3.15. The number of urea groups is 1. The van der Waals surface area contributed by atoms with Gasteiger partial charge in [-0.25, -0.2) is 9.48 Å². The van der Waals surface area contributed by atoms with Crippen molar-refractivity contribution >= 4 is 17.6 Å². The van der Waals surface area contributed by atoms with Gasteiger partial charge in [0.05, 0.1) is 5.69 Å². The Kier molecular flexibility index (Phi) is 5.15. The molecule has 0 unspecified atom stereocenters. The zero-order valence-electron chi connectivity index (χ0n) is 15.2. The fraction of sp³-hybridized carbons (Fsp3) is 0.471. The van der Waals surface area contributed by atoms with Gasteiger partial charge in [0.15, 0.2) is 0 Å². The first kappa shape index (κ1) is 17.8. The number of nitrogens with one attached hydrogen (secondary N) is 1. The Balaban J connectivity index is 1.63. The molecular formula is C17H23N7O2. The van der Waals surface area contributed by atoms with E-state index in [1.54, 1.807) is 28.6 Å². The number of carbonyl (C=O) groups excluding carboxylic acids is 2. The van der Waals surface area contributed by atoms with E-state index >= 15 is 0 Å². The number of hydrogen-bond donors (Lipinski definition) is 1. The summed E-state index contributed by atoms with van der Waals surface area (Å²) in [7, 11) is 3.47. The molecule has 2 aromatic rings. The monoisotopic (exact) mass is 357 g/mol. The molecule has 1 N–H and O–H groups in total. The lowest BCUT2D eigenvalue weighted by atomic mass is 9.96. The highest BCUT2D eigenvalue weighted by Crippen LogP contribution is 2.22.